The molecule has 3 aliphatic rings. The fraction of sp³-hybridized carbons (Fsp3) is 0.882. The van der Waals surface area contributed by atoms with Crippen LogP contribution in [0.25, 0.3) is 0 Å². The predicted octanol–water partition coefficient (Wildman–Crippen LogP) is 0.884. The summed E-state index contributed by atoms with van der Waals surface area (Å²) < 4.78 is 0. The molecular formula is C17H30N4O2. The van der Waals surface area contributed by atoms with Crippen LogP contribution in [0.15, 0.2) is 0 Å². The van der Waals surface area contributed by atoms with E-state index in [1.165, 1.54) is 25.8 Å². The zero-order chi connectivity index (χ0) is 16.4. The maximum atomic E-state index is 12.3. The second-order valence-electron chi connectivity index (χ2n) is 7.74. The fourth-order valence-corrected chi connectivity index (χ4v) is 4.37. The van der Waals surface area contributed by atoms with Crippen molar-refractivity contribution in [3.63, 3.8) is 0 Å². The van der Waals surface area contributed by atoms with Crippen molar-refractivity contribution in [2.75, 3.05) is 39.3 Å². The average molecular weight is 322 g/mol. The SMILES string of the molecule is CC(C)CNC(=O)CNC(=O)N1C[C@@H]2CN3CCCC[C@H]3[C@@H]2C1. The number of carbonyl (C=O) groups is 2. The van der Waals surface area contributed by atoms with E-state index in [2.05, 4.69) is 29.4 Å². The zero-order valence-corrected chi connectivity index (χ0v) is 14.4. The van der Waals surface area contributed by atoms with Gasteiger partial charge in [-0.05, 0) is 37.1 Å². The minimum Gasteiger partial charge on any atom is -0.354 e. The minimum atomic E-state index is -0.107. The molecule has 6 heteroatoms. The summed E-state index contributed by atoms with van der Waals surface area (Å²) in [5, 5.41) is 5.60. The number of hydrogen-bond acceptors (Lipinski definition) is 3. The van der Waals surface area contributed by atoms with Crippen molar-refractivity contribution in [3.8, 4) is 0 Å². The Labute approximate surface area is 139 Å². The summed E-state index contributed by atoms with van der Waals surface area (Å²) in [5.41, 5.74) is 0. The van der Waals surface area contributed by atoms with Gasteiger partial charge in [-0.2, -0.15) is 0 Å². The Morgan fingerprint density at radius 3 is 2.74 bits per heavy atom. The minimum absolute atomic E-state index is 0.0763. The normalized spacial score (nSPS) is 30.2. The third-order valence-corrected chi connectivity index (χ3v) is 5.51. The van der Waals surface area contributed by atoms with E-state index < -0.39 is 0 Å². The fourth-order valence-electron chi connectivity index (χ4n) is 4.37. The number of piperidine rings is 1. The second kappa shape index (κ2) is 7.07. The molecule has 23 heavy (non-hydrogen) atoms. The number of nitrogens with one attached hydrogen (secondary N) is 2. The highest BCUT2D eigenvalue weighted by Crippen LogP contribution is 2.40. The van der Waals surface area contributed by atoms with Crippen LogP contribution in [-0.2, 0) is 4.79 Å². The lowest BCUT2D eigenvalue weighted by molar-refractivity contribution is -0.120. The van der Waals surface area contributed by atoms with Gasteiger partial charge >= 0.3 is 6.03 Å². The second-order valence-corrected chi connectivity index (χ2v) is 7.74. The molecule has 3 amide bonds. The highest BCUT2D eigenvalue weighted by Gasteiger charge is 2.48. The van der Waals surface area contributed by atoms with Gasteiger partial charge in [-0.3, -0.25) is 9.69 Å². The molecule has 3 saturated heterocycles. The smallest absolute Gasteiger partial charge is 0.317 e. The van der Waals surface area contributed by atoms with Crippen molar-refractivity contribution in [3.05, 3.63) is 0 Å². The topological polar surface area (TPSA) is 64.7 Å². The molecule has 3 rings (SSSR count). The van der Waals surface area contributed by atoms with Gasteiger partial charge in [-0.15, -0.1) is 0 Å². The number of urea groups is 1. The first-order valence-corrected chi connectivity index (χ1v) is 9.08. The average Bonchev–Trinajstić information content (AvgIpc) is 3.08. The molecule has 0 radical (unpaired) electrons. The molecule has 130 valence electrons. The quantitative estimate of drug-likeness (QED) is 0.808. The Bertz CT molecular complexity index is 454. The van der Waals surface area contributed by atoms with Crippen LogP contribution < -0.4 is 10.6 Å². The summed E-state index contributed by atoms with van der Waals surface area (Å²) in [5.74, 6) is 1.57. The Balaban J connectivity index is 1.43. The van der Waals surface area contributed by atoms with Crippen LogP contribution >= 0.6 is 0 Å². The van der Waals surface area contributed by atoms with Gasteiger partial charge in [0.2, 0.25) is 5.91 Å². The number of nitrogens with zero attached hydrogens (tertiary/aromatic N) is 2. The first-order chi connectivity index (χ1) is 11.0. The molecule has 0 spiro atoms. The molecule has 2 N–H and O–H groups in total. The van der Waals surface area contributed by atoms with E-state index in [0.29, 0.717) is 30.3 Å². The van der Waals surface area contributed by atoms with Crippen molar-refractivity contribution >= 4 is 11.9 Å². The molecule has 3 fully saturated rings. The van der Waals surface area contributed by atoms with Crippen molar-refractivity contribution < 1.29 is 9.59 Å². The molecule has 0 aromatic carbocycles. The van der Waals surface area contributed by atoms with E-state index in [-0.39, 0.29) is 18.5 Å². The maximum absolute atomic E-state index is 12.3. The third-order valence-electron chi connectivity index (χ3n) is 5.51. The lowest BCUT2D eigenvalue weighted by atomic mass is 9.90. The van der Waals surface area contributed by atoms with E-state index in [9.17, 15) is 9.59 Å². The number of hydrogen-bond donors (Lipinski definition) is 2. The molecule has 6 nitrogen and oxygen atoms in total. The molecule has 0 bridgehead atoms. The molecule has 0 aromatic heterocycles. The van der Waals surface area contributed by atoms with Crippen LogP contribution in [0.3, 0.4) is 0 Å². The molecule has 3 heterocycles. The number of amides is 3. The van der Waals surface area contributed by atoms with E-state index >= 15 is 0 Å². The van der Waals surface area contributed by atoms with Gasteiger partial charge in [0.15, 0.2) is 0 Å². The Hall–Kier alpha value is -1.30. The van der Waals surface area contributed by atoms with Crippen molar-refractivity contribution in [1.29, 1.82) is 0 Å². The highest BCUT2D eigenvalue weighted by molar-refractivity contribution is 5.84. The summed E-state index contributed by atoms with van der Waals surface area (Å²) in [6, 6.07) is 0.599. The van der Waals surface area contributed by atoms with Gasteiger partial charge in [0.25, 0.3) is 0 Å². The van der Waals surface area contributed by atoms with E-state index in [0.717, 1.165) is 19.6 Å². The number of carbonyl (C=O) groups excluding carboxylic acids is 2. The largest absolute Gasteiger partial charge is 0.354 e. The lowest BCUT2D eigenvalue weighted by Crippen LogP contribution is -2.46. The molecule has 3 atom stereocenters. The maximum Gasteiger partial charge on any atom is 0.317 e. The summed E-state index contributed by atoms with van der Waals surface area (Å²) in [6.45, 7) is 8.91. The van der Waals surface area contributed by atoms with Crippen LogP contribution in [0, 0.1) is 17.8 Å². The molecule has 0 aromatic rings. The standard InChI is InChI=1S/C17H30N4O2/c1-12(2)7-18-16(22)8-19-17(23)21-10-13-9-20-6-4-3-5-15(20)14(13)11-21/h12-15H,3-11H2,1-2H3,(H,18,22)(H,19,23)/t13-,14+,15-/m0/s1. The van der Waals surface area contributed by atoms with E-state index in [1.54, 1.807) is 0 Å². The van der Waals surface area contributed by atoms with Gasteiger partial charge < -0.3 is 15.5 Å². The molecule has 0 aliphatic carbocycles. The van der Waals surface area contributed by atoms with Crippen molar-refractivity contribution in [1.82, 2.24) is 20.4 Å². The van der Waals surface area contributed by atoms with Crippen LogP contribution in [0.4, 0.5) is 4.79 Å². The zero-order valence-electron chi connectivity index (χ0n) is 14.4. The monoisotopic (exact) mass is 322 g/mol. The summed E-state index contributed by atoms with van der Waals surface area (Å²) in [4.78, 5) is 28.5. The molecular weight excluding hydrogens is 292 g/mol. The van der Waals surface area contributed by atoms with Gasteiger partial charge in [0.1, 0.15) is 0 Å². The first kappa shape index (κ1) is 16.6. The summed E-state index contributed by atoms with van der Waals surface area (Å²) in [6.07, 6.45) is 3.94. The number of likely N-dealkylation sites (tertiary alicyclic amines) is 1. The molecule has 0 unspecified atom stereocenters. The summed E-state index contributed by atoms with van der Waals surface area (Å²) in [7, 11) is 0. The third kappa shape index (κ3) is 3.79. The number of rotatable bonds is 4. The van der Waals surface area contributed by atoms with Crippen LogP contribution in [0.5, 0.6) is 0 Å². The lowest BCUT2D eigenvalue weighted by Gasteiger charge is -2.33. The number of fused-ring (bicyclic) bond motifs is 3. The van der Waals surface area contributed by atoms with Crippen LogP contribution in [-0.4, -0.2) is 67.0 Å². The highest BCUT2D eigenvalue weighted by atomic mass is 16.2. The first-order valence-electron chi connectivity index (χ1n) is 9.08. The van der Waals surface area contributed by atoms with Gasteiger partial charge in [-0.1, -0.05) is 20.3 Å². The van der Waals surface area contributed by atoms with E-state index in [1.807, 2.05) is 4.90 Å². The van der Waals surface area contributed by atoms with Crippen molar-refractivity contribution in [2.24, 2.45) is 17.8 Å². The van der Waals surface area contributed by atoms with Gasteiger partial charge in [0, 0.05) is 32.2 Å². The van der Waals surface area contributed by atoms with Gasteiger partial charge in [0.05, 0.1) is 6.54 Å². The molecule has 0 saturated carbocycles. The van der Waals surface area contributed by atoms with Crippen molar-refractivity contribution in [2.45, 2.75) is 39.2 Å². The molecule has 3 aliphatic heterocycles. The van der Waals surface area contributed by atoms with Gasteiger partial charge in [-0.25, -0.2) is 4.79 Å². The Kier molecular flexibility index (Phi) is 5.09. The Morgan fingerprint density at radius 1 is 1.13 bits per heavy atom. The van der Waals surface area contributed by atoms with E-state index in [4.69, 9.17) is 0 Å². The Morgan fingerprint density at radius 2 is 1.96 bits per heavy atom. The van der Waals surface area contributed by atoms with Crippen LogP contribution in [0.1, 0.15) is 33.1 Å². The predicted molar refractivity (Wildman–Crippen MR) is 89.0 cm³/mol. The summed E-state index contributed by atoms with van der Waals surface area (Å²) >= 11 is 0. The van der Waals surface area contributed by atoms with Crippen LogP contribution in [0.2, 0.25) is 0 Å².